The Morgan fingerprint density at radius 2 is 1.95 bits per heavy atom. The number of carbonyl (C=O) groups is 2. The Hall–Kier alpha value is -2.34. The first kappa shape index (κ1) is 14.1. The number of aryl methyl sites for hydroxylation is 1. The van der Waals surface area contributed by atoms with Crippen molar-refractivity contribution < 1.29 is 19.8 Å². The standard InChI is InChI=1S/C14H13NO4S/c1-7-6-20-12(14(18)19)11(7)15-13(17)9-4-3-5-10(16)8(9)2/h3-6,16H,1-2H3,(H,15,17)(H,18,19). The van der Waals surface area contributed by atoms with Crippen LogP contribution in [0.4, 0.5) is 5.69 Å². The molecule has 0 fully saturated rings. The van der Waals surface area contributed by atoms with Crippen LogP contribution in [0.1, 0.15) is 31.2 Å². The van der Waals surface area contributed by atoms with Crippen molar-refractivity contribution in [3.8, 4) is 5.75 Å². The molecule has 3 N–H and O–H groups in total. The van der Waals surface area contributed by atoms with Gasteiger partial charge in [-0.3, -0.25) is 4.79 Å². The second-order valence-electron chi connectivity index (χ2n) is 4.33. The zero-order valence-electron chi connectivity index (χ0n) is 10.9. The van der Waals surface area contributed by atoms with Crippen LogP contribution in [0.15, 0.2) is 23.6 Å². The summed E-state index contributed by atoms with van der Waals surface area (Å²) in [6.07, 6.45) is 0. The highest BCUT2D eigenvalue weighted by molar-refractivity contribution is 7.12. The molecule has 0 spiro atoms. The lowest BCUT2D eigenvalue weighted by atomic mass is 10.1. The number of phenolic OH excluding ortho intramolecular Hbond substituents is 1. The van der Waals surface area contributed by atoms with Crippen molar-refractivity contribution in [2.45, 2.75) is 13.8 Å². The van der Waals surface area contributed by atoms with E-state index in [0.717, 1.165) is 11.3 Å². The molecule has 1 heterocycles. The van der Waals surface area contributed by atoms with Gasteiger partial charge in [-0.25, -0.2) is 4.79 Å². The fraction of sp³-hybridized carbons (Fsp3) is 0.143. The molecule has 0 saturated heterocycles. The lowest BCUT2D eigenvalue weighted by Gasteiger charge is -2.09. The third-order valence-corrected chi connectivity index (χ3v) is 4.04. The number of carboxylic acids is 1. The summed E-state index contributed by atoms with van der Waals surface area (Å²) < 4.78 is 0. The quantitative estimate of drug-likeness (QED) is 0.811. The molecule has 0 atom stereocenters. The minimum atomic E-state index is -1.08. The molecule has 104 valence electrons. The highest BCUT2D eigenvalue weighted by atomic mass is 32.1. The molecule has 1 aromatic carbocycles. The fourth-order valence-corrected chi connectivity index (χ4v) is 2.65. The van der Waals surface area contributed by atoms with E-state index in [4.69, 9.17) is 5.11 Å². The summed E-state index contributed by atoms with van der Waals surface area (Å²) in [7, 11) is 0. The van der Waals surface area contributed by atoms with Gasteiger partial charge in [0, 0.05) is 11.1 Å². The van der Waals surface area contributed by atoms with Crippen molar-refractivity contribution in [1.29, 1.82) is 0 Å². The molecule has 0 radical (unpaired) electrons. The normalized spacial score (nSPS) is 10.3. The minimum absolute atomic E-state index is 0.0261. The van der Waals surface area contributed by atoms with E-state index in [9.17, 15) is 14.7 Å². The fourth-order valence-electron chi connectivity index (χ4n) is 1.81. The molecule has 0 bridgehead atoms. The topological polar surface area (TPSA) is 86.6 Å². The molecule has 0 saturated carbocycles. The summed E-state index contributed by atoms with van der Waals surface area (Å²) in [5.74, 6) is -1.49. The summed E-state index contributed by atoms with van der Waals surface area (Å²) in [6.45, 7) is 3.36. The van der Waals surface area contributed by atoms with Gasteiger partial charge >= 0.3 is 5.97 Å². The number of phenols is 1. The number of hydrogen-bond donors (Lipinski definition) is 3. The summed E-state index contributed by atoms with van der Waals surface area (Å²) >= 11 is 1.07. The molecule has 1 amide bonds. The molecule has 0 unspecified atom stereocenters. The second-order valence-corrected chi connectivity index (χ2v) is 5.21. The first-order valence-corrected chi connectivity index (χ1v) is 6.71. The van der Waals surface area contributed by atoms with Crippen LogP contribution in [0.2, 0.25) is 0 Å². The first-order valence-electron chi connectivity index (χ1n) is 5.83. The third kappa shape index (κ3) is 2.50. The van der Waals surface area contributed by atoms with Crippen molar-refractivity contribution in [2.75, 3.05) is 5.32 Å². The van der Waals surface area contributed by atoms with Crippen LogP contribution in [0, 0.1) is 13.8 Å². The molecule has 20 heavy (non-hydrogen) atoms. The van der Waals surface area contributed by atoms with E-state index in [1.165, 1.54) is 6.07 Å². The summed E-state index contributed by atoms with van der Waals surface area (Å²) in [6, 6.07) is 4.63. The maximum atomic E-state index is 12.2. The molecule has 0 aliphatic heterocycles. The molecule has 6 heteroatoms. The van der Waals surface area contributed by atoms with Crippen LogP contribution in [0.3, 0.4) is 0 Å². The van der Waals surface area contributed by atoms with Crippen LogP contribution >= 0.6 is 11.3 Å². The van der Waals surface area contributed by atoms with Crippen LogP contribution in [0.5, 0.6) is 5.75 Å². The number of thiophene rings is 1. The molecule has 2 aromatic rings. The number of hydrogen-bond acceptors (Lipinski definition) is 4. The van der Waals surface area contributed by atoms with Crippen molar-refractivity contribution in [2.24, 2.45) is 0 Å². The van der Waals surface area contributed by atoms with E-state index in [-0.39, 0.29) is 10.6 Å². The Morgan fingerprint density at radius 1 is 1.25 bits per heavy atom. The lowest BCUT2D eigenvalue weighted by Crippen LogP contribution is -2.15. The summed E-state index contributed by atoms with van der Waals surface area (Å²) in [5.41, 5.74) is 1.76. The molecular formula is C14H13NO4S. The number of anilines is 1. The van der Waals surface area contributed by atoms with Crippen molar-refractivity contribution in [3.05, 3.63) is 45.1 Å². The Balaban J connectivity index is 2.35. The predicted molar refractivity (Wildman–Crippen MR) is 76.8 cm³/mol. The van der Waals surface area contributed by atoms with Gasteiger partial charge in [-0.15, -0.1) is 11.3 Å². The number of rotatable bonds is 3. The van der Waals surface area contributed by atoms with E-state index in [2.05, 4.69) is 5.32 Å². The van der Waals surface area contributed by atoms with Crippen molar-refractivity contribution in [1.82, 2.24) is 0 Å². The number of nitrogens with one attached hydrogen (secondary N) is 1. The largest absolute Gasteiger partial charge is 0.508 e. The SMILES string of the molecule is Cc1csc(C(=O)O)c1NC(=O)c1cccc(O)c1C. The zero-order valence-corrected chi connectivity index (χ0v) is 11.7. The van der Waals surface area contributed by atoms with E-state index in [1.807, 2.05) is 0 Å². The monoisotopic (exact) mass is 291 g/mol. The average Bonchev–Trinajstić information content (AvgIpc) is 2.74. The second kappa shape index (κ2) is 5.34. The maximum Gasteiger partial charge on any atom is 0.348 e. The van der Waals surface area contributed by atoms with Gasteiger partial charge in [-0.1, -0.05) is 6.07 Å². The zero-order chi connectivity index (χ0) is 14.9. The van der Waals surface area contributed by atoms with Crippen molar-refractivity contribution >= 4 is 28.9 Å². The average molecular weight is 291 g/mol. The molecular weight excluding hydrogens is 278 g/mol. The Morgan fingerprint density at radius 3 is 2.60 bits per heavy atom. The maximum absolute atomic E-state index is 12.2. The number of amides is 1. The number of carboxylic acid groups (broad SMARTS) is 1. The van der Waals surface area contributed by atoms with Crippen LogP contribution in [0.25, 0.3) is 0 Å². The Bertz CT molecular complexity index is 690. The van der Waals surface area contributed by atoms with Gasteiger partial charge in [0.25, 0.3) is 5.91 Å². The number of benzene rings is 1. The number of aromatic hydroxyl groups is 1. The third-order valence-electron chi connectivity index (χ3n) is 2.96. The number of aromatic carboxylic acids is 1. The van der Waals surface area contributed by atoms with Gasteiger partial charge in [-0.2, -0.15) is 0 Å². The Labute approximate surface area is 119 Å². The molecule has 2 rings (SSSR count). The highest BCUT2D eigenvalue weighted by Gasteiger charge is 2.19. The molecule has 0 aliphatic carbocycles. The smallest absolute Gasteiger partial charge is 0.348 e. The van der Waals surface area contributed by atoms with E-state index >= 15 is 0 Å². The summed E-state index contributed by atoms with van der Waals surface area (Å²) in [4.78, 5) is 23.4. The molecule has 0 aliphatic rings. The van der Waals surface area contributed by atoms with Gasteiger partial charge in [-0.05, 0) is 36.9 Å². The van der Waals surface area contributed by atoms with Crippen LogP contribution in [-0.4, -0.2) is 22.1 Å². The lowest BCUT2D eigenvalue weighted by molar-refractivity contribution is 0.0703. The van der Waals surface area contributed by atoms with Gasteiger partial charge in [0.05, 0.1) is 5.69 Å². The minimum Gasteiger partial charge on any atom is -0.508 e. The van der Waals surface area contributed by atoms with E-state index in [0.29, 0.717) is 22.4 Å². The molecule has 1 aromatic heterocycles. The predicted octanol–water partition coefficient (Wildman–Crippen LogP) is 3.02. The highest BCUT2D eigenvalue weighted by Crippen LogP contribution is 2.29. The summed E-state index contributed by atoms with van der Waals surface area (Å²) in [5, 5.41) is 23.0. The van der Waals surface area contributed by atoms with Gasteiger partial charge < -0.3 is 15.5 Å². The van der Waals surface area contributed by atoms with Crippen LogP contribution in [-0.2, 0) is 0 Å². The van der Waals surface area contributed by atoms with Crippen molar-refractivity contribution in [3.63, 3.8) is 0 Å². The van der Waals surface area contributed by atoms with Crippen LogP contribution < -0.4 is 5.32 Å². The van der Waals surface area contributed by atoms with Gasteiger partial charge in [0.2, 0.25) is 0 Å². The van der Waals surface area contributed by atoms with E-state index < -0.39 is 11.9 Å². The number of carbonyl (C=O) groups excluding carboxylic acids is 1. The van der Waals surface area contributed by atoms with E-state index in [1.54, 1.807) is 31.4 Å². The molecule has 5 nitrogen and oxygen atoms in total. The Kier molecular flexibility index (Phi) is 3.76. The van der Waals surface area contributed by atoms with Gasteiger partial charge in [0.15, 0.2) is 0 Å². The first-order chi connectivity index (χ1) is 9.41. The van der Waals surface area contributed by atoms with Gasteiger partial charge in [0.1, 0.15) is 10.6 Å².